The van der Waals surface area contributed by atoms with E-state index < -0.39 is 0 Å². The summed E-state index contributed by atoms with van der Waals surface area (Å²) < 4.78 is 2.01. The molecule has 1 amide bonds. The molecule has 0 aromatic carbocycles. The van der Waals surface area contributed by atoms with E-state index in [2.05, 4.69) is 29.4 Å². The average molecular weight is 349 g/mol. The standard InChI is InChI=1S/C18H28N4OS/c1-12(2)22-11-20-21-17(22)24-9-16(23)19-10-18-6-13-3-14(7-18)5-15(4-13)8-18/h11-15H,3-10H2,1-2H3,(H,19,23). The number of nitrogens with zero attached hydrogens (tertiary/aromatic N) is 3. The van der Waals surface area contributed by atoms with Crippen molar-refractivity contribution in [2.75, 3.05) is 12.3 Å². The summed E-state index contributed by atoms with van der Waals surface area (Å²) in [5.74, 6) is 3.37. The largest absolute Gasteiger partial charge is 0.355 e. The number of carbonyl (C=O) groups is 1. The van der Waals surface area contributed by atoms with Crippen LogP contribution in [0, 0.1) is 23.2 Å². The Bertz CT molecular complexity index is 577. The van der Waals surface area contributed by atoms with Crippen LogP contribution in [0.15, 0.2) is 11.5 Å². The van der Waals surface area contributed by atoms with Crippen molar-refractivity contribution in [3.63, 3.8) is 0 Å². The molecule has 4 aliphatic carbocycles. The normalized spacial score (nSPS) is 34.0. The van der Waals surface area contributed by atoms with Gasteiger partial charge in [0.15, 0.2) is 5.16 Å². The van der Waals surface area contributed by atoms with Crippen LogP contribution in [0.1, 0.15) is 58.4 Å². The van der Waals surface area contributed by atoms with Crippen LogP contribution in [0.3, 0.4) is 0 Å². The molecule has 1 heterocycles. The molecule has 1 aromatic rings. The molecule has 4 saturated carbocycles. The van der Waals surface area contributed by atoms with Gasteiger partial charge >= 0.3 is 0 Å². The summed E-state index contributed by atoms with van der Waals surface area (Å²) in [5.41, 5.74) is 0.410. The first-order chi connectivity index (χ1) is 11.5. The highest BCUT2D eigenvalue weighted by Crippen LogP contribution is 2.59. The first-order valence-corrected chi connectivity index (χ1v) is 10.3. The summed E-state index contributed by atoms with van der Waals surface area (Å²) in [6, 6.07) is 0.317. The van der Waals surface area contributed by atoms with E-state index in [9.17, 15) is 4.79 Å². The van der Waals surface area contributed by atoms with Gasteiger partial charge in [0, 0.05) is 12.6 Å². The van der Waals surface area contributed by atoms with Gasteiger partial charge in [0.05, 0.1) is 5.75 Å². The van der Waals surface area contributed by atoms with Crippen LogP contribution < -0.4 is 5.32 Å². The maximum atomic E-state index is 12.3. The fourth-order valence-electron chi connectivity index (χ4n) is 5.66. The molecule has 1 aromatic heterocycles. The van der Waals surface area contributed by atoms with Crippen molar-refractivity contribution in [1.82, 2.24) is 20.1 Å². The minimum Gasteiger partial charge on any atom is -0.355 e. The molecular formula is C18H28N4OS. The number of rotatable bonds is 6. The smallest absolute Gasteiger partial charge is 0.230 e. The van der Waals surface area contributed by atoms with E-state index in [1.165, 1.54) is 50.3 Å². The number of carbonyl (C=O) groups excluding carboxylic acids is 1. The van der Waals surface area contributed by atoms with Crippen LogP contribution in [-0.2, 0) is 4.79 Å². The number of nitrogens with one attached hydrogen (secondary N) is 1. The van der Waals surface area contributed by atoms with Gasteiger partial charge in [0.25, 0.3) is 0 Å². The van der Waals surface area contributed by atoms with E-state index in [0.717, 1.165) is 29.5 Å². The van der Waals surface area contributed by atoms with Crippen molar-refractivity contribution < 1.29 is 4.79 Å². The van der Waals surface area contributed by atoms with Gasteiger partial charge in [-0.15, -0.1) is 10.2 Å². The lowest BCUT2D eigenvalue weighted by molar-refractivity contribution is -0.120. The zero-order chi connectivity index (χ0) is 16.7. The van der Waals surface area contributed by atoms with Crippen LogP contribution >= 0.6 is 11.8 Å². The molecule has 132 valence electrons. The van der Waals surface area contributed by atoms with E-state index in [-0.39, 0.29) is 5.91 Å². The first-order valence-electron chi connectivity index (χ1n) is 9.32. The number of amides is 1. The molecule has 6 heteroatoms. The minimum atomic E-state index is 0.133. The minimum absolute atomic E-state index is 0.133. The first kappa shape index (κ1) is 16.4. The monoisotopic (exact) mass is 348 g/mol. The van der Waals surface area contributed by atoms with E-state index in [1.54, 1.807) is 6.33 Å². The second-order valence-electron chi connectivity index (χ2n) is 8.60. The molecule has 4 bridgehead atoms. The second kappa shape index (κ2) is 6.36. The van der Waals surface area contributed by atoms with Gasteiger partial charge in [-0.25, -0.2) is 0 Å². The third-order valence-corrected chi connectivity index (χ3v) is 7.21. The summed E-state index contributed by atoms with van der Waals surface area (Å²) in [6.07, 6.45) is 10.1. The molecule has 0 spiro atoms. The SMILES string of the molecule is CC(C)n1cnnc1SCC(=O)NCC12CC3CC(CC(C3)C1)C2. The van der Waals surface area contributed by atoms with Gasteiger partial charge in [-0.2, -0.15) is 0 Å². The van der Waals surface area contributed by atoms with Gasteiger partial charge in [-0.3, -0.25) is 4.79 Å². The van der Waals surface area contributed by atoms with Crippen LogP contribution in [0.25, 0.3) is 0 Å². The highest BCUT2D eigenvalue weighted by molar-refractivity contribution is 7.99. The Hall–Kier alpha value is -1.04. The summed E-state index contributed by atoms with van der Waals surface area (Å²) in [5, 5.41) is 12.1. The third kappa shape index (κ3) is 3.22. The predicted octanol–water partition coefficient (Wildman–Crippen LogP) is 3.28. The van der Waals surface area contributed by atoms with Crippen molar-refractivity contribution in [1.29, 1.82) is 0 Å². The fraction of sp³-hybridized carbons (Fsp3) is 0.833. The lowest BCUT2D eigenvalue weighted by Gasteiger charge is -2.56. The van der Waals surface area contributed by atoms with Crippen LogP contribution in [0.2, 0.25) is 0 Å². The Morgan fingerprint density at radius 2 is 1.92 bits per heavy atom. The van der Waals surface area contributed by atoms with Gasteiger partial charge in [-0.05, 0) is 75.5 Å². The van der Waals surface area contributed by atoms with E-state index in [4.69, 9.17) is 0 Å². The molecule has 0 atom stereocenters. The highest BCUT2D eigenvalue weighted by Gasteiger charge is 2.50. The third-order valence-electron chi connectivity index (χ3n) is 6.25. The Balaban J connectivity index is 1.29. The number of hydrogen-bond donors (Lipinski definition) is 1. The maximum absolute atomic E-state index is 12.3. The predicted molar refractivity (Wildman–Crippen MR) is 94.7 cm³/mol. The van der Waals surface area contributed by atoms with Crippen molar-refractivity contribution in [2.45, 2.75) is 63.6 Å². The number of hydrogen-bond acceptors (Lipinski definition) is 4. The summed E-state index contributed by atoms with van der Waals surface area (Å²) in [7, 11) is 0. The van der Waals surface area contributed by atoms with Gasteiger partial charge in [0.1, 0.15) is 6.33 Å². The molecule has 4 aliphatic rings. The van der Waals surface area contributed by atoms with E-state index in [1.807, 2.05) is 4.57 Å². The fourth-order valence-corrected chi connectivity index (χ4v) is 6.54. The van der Waals surface area contributed by atoms with Crippen LogP contribution in [0.4, 0.5) is 0 Å². The molecule has 0 saturated heterocycles. The Labute approximate surface area is 148 Å². The lowest BCUT2D eigenvalue weighted by Crippen LogP contribution is -2.51. The molecule has 5 rings (SSSR count). The Morgan fingerprint density at radius 3 is 2.50 bits per heavy atom. The molecule has 1 N–H and O–H groups in total. The van der Waals surface area contributed by atoms with Gasteiger partial charge in [0.2, 0.25) is 5.91 Å². The molecular weight excluding hydrogens is 320 g/mol. The summed E-state index contributed by atoms with van der Waals surface area (Å²) in [4.78, 5) is 12.3. The van der Waals surface area contributed by atoms with E-state index in [0.29, 0.717) is 17.2 Å². The van der Waals surface area contributed by atoms with E-state index >= 15 is 0 Å². The van der Waals surface area contributed by atoms with Crippen LogP contribution in [0.5, 0.6) is 0 Å². The van der Waals surface area contributed by atoms with Gasteiger partial charge in [-0.1, -0.05) is 11.8 Å². The summed E-state index contributed by atoms with van der Waals surface area (Å²) >= 11 is 1.48. The number of thioether (sulfide) groups is 1. The average Bonchev–Trinajstić information content (AvgIpc) is 2.98. The topological polar surface area (TPSA) is 59.8 Å². The summed E-state index contributed by atoms with van der Waals surface area (Å²) in [6.45, 7) is 5.08. The van der Waals surface area contributed by atoms with Crippen molar-refractivity contribution in [2.24, 2.45) is 23.2 Å². The quantitative estimate of drug-likeness (QED) is 0.802. The van der Waals surface area contributed by atoms with Crippen molar-refractivity contribution >= 4 is 17.7 Å². The lowest BCUT2D eigenvalue weighted by atomic mass is 9.49. The molecule has 0 radical (unpaired) electrons. The zero-order valence-electron chi connectivity index (χ0n) is 14.7. The molecule has 5 nitrogen and oxygen atoms in total. The number of aromatic nitrogens is 3. The molecule has 24 heavy (non-hydrogen) atoms. The van der Waals surface area contributed by atoms with Crippen LogP contribution in [-0.4, -0.2) is 33.0 Å². The Morgan fingerprint density at radius 1 is 1.29 bits per heavy atom. The maximum Gasteiger partial charge on any atom is 0.230 e. The molecule has 0 unspecified atom stereocenters. The van der Waals surface area contributed by atoms with Crippen molar-refractivity contribution in [3.05, 3.63) is 6.33 Å². The van der Waals surface area contributed by atoms with Crippen molar-refractivity contribution in [3.8, 4) is 0 Å². The highest BCUT2D eigenvalue weighted by atomic mass is 32.2. The van der Waals surface area contributed by atoms with Gasteiger partial charge < -0.3 is 9.88 Å². The Kier molecular flexibility index (Phi) is 4.35. The zero-order valence-corrected chi connectivity index (χ0v) is 15.5. The molecule has 4 fully saturated rings. The molecule has 0 aliphatic heterocycles. The second-order valence-corrected chi connectivity index (χ2v) is 9.54.